The molecule has 3 N–H and O–H groups in total. The molecule has 3 aliphatic rings. The van der Waals surface area contributed by atoms with Gasteiger partial charge in [-0.3, -0.25) is 19.2 Å². The van der Waals surface area contributed by atoms with E-state index in [1.807, 2.05) is 0 Å². The molecule has 3 aliphatic carbocycles. The molecule has 2 aromatic rings. The second kappa shape index (κ2) is 8.06. The fourth-order valence-corrected chi connectivity index (χ4v) is 6.33. The van der Waals surface area contributed by atoms with Crippen molar-refractivity contribution < 1.29 is 39.3 Å². The minimum Gasteiger partial charge on any atom is -0.507 e. The molecule has 0 amide bonds. The van der Waals surface area contributed by atoms with E-state index in [9.17, 15) is 39.3 Å². The van der Waals surface area contributed by atoms with Gasteiger partial charge in [0.1, 0.15) is 5.75 Å². The van der Waals surface area contributed by atoms with E-state index in [0.29, 0.717) is 22.3 Å². The normalized spacial score (nSPS) is 27.3. The van der Waals surface area contributed by atoms with Crippen LogP contribution in [0.4, 0.5) is 0 Å². The van der Waals surface area contributed by atoms with Crippen LogP contribution in [0.2, 0.25) is 0 Å². The van der Waals surface area contributed by atoms with Crippen LogP contribution in [0.1, 0.15) is 53.0 Å². The zero-order chi connectivity index (χ0) is 26.1. The lowest BCUT2D eigenvalue weighted by Gasteiger charge is -2.48. The van der Waals surface area contributed by atoms with Gasteiger partial charge in [-0.25, -0.2) is 4.79 Å². The number of Topliss-reactive ketones (excluding diaryl/α,β-unsaturated/α-hetero) is 4. The van der Waals surface area contributed by atoms with Crippen LogP contribution in [0.5, 0.6) is 5.75 Å². The van der Waals surface area contributed by atoms with E-state index in [4.69, 9.17) is 0 Å². The molecule has 184 valence electrons. The van der Waals surface area contributed by atoms with Gasteiger partial charge < -0.3 is 15.3 Å². The third-order valence-corrected chi connectivity index (χ3v) is 7.92. The molecule has 0 spiro atoms. The summed E-state index contributed by atoms with van der Waals surface area (Å²) in [6.07, 6.45) is 0.610. The maximum absolute atomic E-state index is 13.7. The number of ketones is 4. The monoisotopic (exact) mass is 488 g/mol. The lowest BCUT2D eigenvalue weighted by Crippen LogP contribution is -2.64. The van der Waals surface area contributed by atoms with Crippen LogP contribution in [0.25, 0.3) is 11.1 Å². The van der Waals surface area contributed by atoms with Crippen molar-refractivity contribution in [3.63, 3.8) is 0 Å². The summed E-state index contributed by atoms with van der Waals surface area (Å²) in [6.45, 7) is 2.84. The quantitative estimate of drug-likeness (QED) is 0.442. The summed E-state index contributed by atoms with van der Waals surface area (Å²) < 4.78 is 0. The number of carboxylic acid groups (broad SMARTS) is 1. The van der Waals surface area contributed by atoms with Crippen molar-refractivity contribution in [1.29, 1.82) is 0 Å². The number of phenolic OH excluding ortho intramolecular Hbond substituents is 1. The zero-order valence-electron chi connectivity index (χ0n) is 19.7. The highest BCUT2D eigenvalue weighted by Gasteiger charge is 2.63. The molecule has 4 unspecified atom stereocenters. The molecule has 1 saturated carbocycles. The van der Waals surface area contributed by atoms with Gasteiger partial charge in [0.25, 0.3) is 0 Å². The van der Waals surface area contributed by atoms with E-state index < -0.39 is 52.5 Å². The first kappa shape index (κ1) is 23.8. The van der Waals surface area contributed by atoms with E-state index in [1.165, 1.54) is 25.1 Å². The molecule has 8 heteroatoms. The Bertz CT molecular complexity index is 1430. The van der Waals surface area contributed by atoms with Crippen molar-refractivity contribution in [2.75, 3.05) is 0 Å². The van der Waals surface area contributed by atoms with Gasteiger partial charge in [0.05, 0.1) is 22.6 Å². The first-order chi connectivity index (χ1) is 17.0. The van der Waals surface area contributed by atoms with Crippen LogP contribution in [0.3, 0.4) is 0 Å². The van der Waals surface area contributed by atoms with Crippen molar-refractivity contribution in [2.24, 2.45) is 17.8 Å². The number of carbonyl (C=O) groups is 5. The second-order valence-corrected chi connectivity index (χ2v) is 9.99. The average molecular weight is 488 g/mol. The van der Waals surface area contributed by atoms with Crippen LogP contribution in [-0.4, -0.2) is 50.0 Å². The summed E-state index contributed by atoms with van der Waals surface area (Å²) in [7, 11) is 0. The Balaban J connectivity index is 1.63. The van der Waals surface area contributed by atoms with E-state index >= 15 is 0 Å². The van der Waals surface area contributed by atoms with Gasteiger partial charge in [0, 0.05) is 5.92 Å². The van der Waals surface area contributed by atoms with Gasteiger partial charge in [0.15, 0.2) is 23.0 Å². The summed E-state index contributed by atoms with van der Waals surface area (Å²) in [4.78, 5) is 64.1. The first-order valence-electron chi connectivity index (χ1n) is 11.7. The van der Waals surface area contributed by atoms with Crippen LogP contribution in [-0.2, 0) is 20.8 Å². The molecule has 0 radical (unpaired) electrons. The molecule has 2 aromatic carbocycles. The summed E-state index contributed by atoms with van der Waals surface area (Å²) >= 11 is 0. The molecule has 8 nitrogen and oxygen atoms in total. The first-order valence-corrected chi connectivity index (χ1v) is 11.7. The number of aromatic hydroxyl groups is 1. The van der Waals surface area contributed by atoms with E-state index in [2.05, 4.69) is 0 Å². The fraction of sp³-hybridized carbons (Fsp3) is 0.321. The maximum Gasteiger partial charge on any atom is 0.335 e. The van der Waals surface area contributed by atoms with Gasteiger partial charge in [-0.1, -0.05) is 23.8 Å². The third-order valence-electron chi connectivity index (χ3n) is 7.92. The number of aromatic carboxylic acids is 1. The Morgan fingerprint density at radius 3 is 2.44 bits per heavy atom. The molecule has 0 aromatic heterocycles. The van der Waals surface area contributed by atoms with Gasteiger partial charge in [0.2, 0.25) is 5.78 Å². The number of fused-ring (bicyclic) bond motifs is 3. The molecule has 36 heavy (non-hydrogen) atoms. The van der Waals surface area contributed by atoms with Crippen molar-refractivity contribution in [1.82, 2.24) is 0 Å². The lowest BCUT2D eigenvalue weighted by atomic mass is 9.54. The SMILES string of the molecule is CC(=O)C1=C(C)CC2CC3Cc4c(-c5cccc(C(=O)O)c5)ccc(O)c4C(=O)C3C(=O)C2(O)C1=O. The van der Waals surface area contributed by atoms with Crippen molar-refractivity contribution >= 4 is 29.1 Å². The van der Waals surface area contributed by atoms with Gasteiger partial charge in [-0.15, -0.1) is 0 Å². The van der Waals surface area contributed by atoms with Crippen molar-refractivity contribution in [3.8, 4) is 16.9 Å². The summed E-state index contributed by atoms with van der Waals surface area (Å²) in [5, 5.41) is 31.4. The standard InChI is InChI=1S/C28H24O8/c1-12-8-17-10-16-11-19-18(14-4-3-5-15(9-14)27(34)35)6-7-20(30)23(19)24(31)22(16)26(33)28(17,36)25(32)21(12)13(2)29/h3-7,9,16-17,22,30,36H,8,10-11H2,1-2H3,(H,34,35). The largest absolute Gasteiger partial charge is 0.507 e. The Morgan fingerprint density at radius 1 is 1.06 bits per heavy atom. The highest BCUT2D eigenvalue weighted by molar-refractivity contribution is 6.32. The number of hydrogen-bond acceptors (Lipinski definition) is 7. The molecule has 4 atom stereocenters. The van der Waals surface area contributed by atoms with E-state index in [0.717, 1.165) is 0 Å². The zero-order valence-corrected chi connectivity index (χ0v) is 19.7. The summed E-state index contributed by atoms with van der Waals surface area (Å²) in [5.41, 5.74) is -0.511. The predicted molar refractivity (Wildman–Crippen MR) is 127 cm³/mol. The van der Waals surface area contributed by atoms with E-state index in [1.54, 1.807) is 25.1 Å². The minimum absolute atomic E-state index is 0.0633. The highest BCUT2D eigenvalue weighted by atomic mass is 16.4. The van der Waals surface area contributed by atoms with Crippen LogP contribution in [0, 0.1) is 17.8 Å². The topological polar surface area (TPSA) is 146 Å². The van der Waals surface area contributed by atoms with Crippen LogP contribution >= 0.6 is 0 Å². The molecular weight excluding hydrogens is 464 g/mol. The molecule has 0 saturated heterocycles. The van der Waals surface area contributed by atoms with Crippen molar-refractivity contribution in [3.05, 3.63) is 64.2 Å². The Hall–Kier alpha value is -3.91. The van der Waals surface area contributed by atoms with E-state index in [-0.39, 0.29) is 41.7 Å². The predicted octanol–water partition coefficient (Wildman–Crippen LogP) is 2.93. The smallest absolute Gasteiger partial charge is 0.335 e. The van der Waals surface area contributed by atoms with Crippen molar-refractivity contribution in [2.45, 2.75) is 38.7 Å². The third kappa shape index (κ3) is 3.21. The Morgan fingerprint density at radius 2 is 1.78 bits per heavy atom. The number of allylic oxidation sites excluding steroid dienone is 1. The molecular formula is C28H24O8. The average Bonchev–Trinajstić information content (AvgIpc) is 2.81. The summed E-state index contributed by atoms with van der Waals surface area (Å²) in [5.74, 6) is -7.15. The Kier molecular flexibility index (Phi) is 5.33. The fourth-order valence-electron chi connectivity index (χ4n) is 6.33. The van der Waals surface area contributed by atoms with Crippen LogP contribution in [0.15, 0.2) is 47.5 Å². The minimum atomic E-state index is -2.46. The molecule has 5 rings (SSSR count). The summed E-state index contributed by atoms with van der Waals surface area (Å²) in [6, 6.07) is 9.15. The molecule has 0 aliphatic heterocycles. The molecule has 0 bridgehead atoms. The number of benzene rings is 2. The molecule has 0 heterocycles. The number of carbonyl (C=O) groups excluding carboxylic acids is 4. The number of hydrogen-bond donors (Lipinski definition) is 3. The van der Waals surface area contributed by atoms with Gasteiger partial charge >= 0.3 is 5.97 Å². The number of carboxylic acids is 1. The van der Waals surface area contributed by atoms with Gasteiger partial charge in [-0.05, 0) is 73.9 Å². The maximum atomic E-state index is 13.7. The number of phenols is 1. The number of rotatable bonds is 3. The highest BCUT2D eigenvalue weighted by Crippen LogP contribution is 2.51. The van der Waals surface area contributed by atoms with Crippen LogP contribution < -0.4 is 0 Å². The Labute approximate surface area is 206 Å². The molecule has 1 fully saturated rings. The number of aliphatic hydroxyl groups is 1. The lowest BCUT2D eigenvalue weighted by molar-refractivity contribution is -0.165. The van der Waals surface area contributed by atoms with Gasteiger partial charge in [-0.2, -0.15) is 0 Å². The second-order valence-electron chi connectivity index (χ2n) is 9.99.